The van der Waals surface area contributed by atoms with Crippen molar-refractivity contribution in [3.63, 3.8) is 0 Å². The van der Waals surface area contributed by atoms with Gasteiger partial charge in [-0.15, -0.1) is 0 Å². The van der Waals surface area contributed by atoms with Crippen LogP contribution in [0.5, 0.6) is 0 Å². The summed E-state index contributed by atoms with van der Waals surface area (Å²) in [4.78, 5) is 8.35. The van der Waals surface area contributed by atoms with Crippen molar-refractivity contribution in [2.24, 2.45) is 0 Å². The first-order valence-corrected chi connectivity index (χ1v) is 9.74. The lowest BCUT2D eigenvalue weighted by Gasteiger charge is -2.39. The summed E-state index contributed by atoms with van der Waals surface area (Å²) < 4.78 is 32.7. The summed E-state index contributed by atoms with van der Waals surface area (Å²) in [5, 5.41) is 3.14. The highest BCUT2D eigenvalue weighted by atomic mass is 32.2. The Hall–Kier alpha value is -1.25. The summed E-state index contributed by atoms with van der Waals surface area (Å²) >= 11 is 0. The zero-order chi connectivity index (χ0) is 15.9. The van der Waals surface area contributed by atoms with Crippen molar-refractivity contribution in [2.75, 3.05) is 25.0 Å². The lowest BCUT2D eigenvalue weighted by molar-refractivity contribution is -0.0329. The highest BCUT2D eigenvalue weighted by Gasteiger charge is 2.49. The standard InChI is InChI=1S/C15H22N4O3S/c20-23(21,13-3-4-13)19-8-1-5-15(11-19)9-12(10-22-15)18-14-16-6-2-7-17-14/h2,6-7,12-13H,1,3-5,8-11H2,(H,16,17,18). The Morgan fingerprint density at radius 1 is 1.30 bits per heavy atom. The van der Waals surface area contributed by atoms with Gasteiger partial charge in [0.05, 0.1) is 23.5 Å². The van der Waals surface area contributed by atoms with Crippen molar-refractivity contribution in [3.05, 3.63) is 18.5 Å². The van der Waals surface area contributed by atoms with Crippen molar-refractivity contribution in [3.8, 4) is 0 Å². The van der Waals surface area contributed by atoms with Gasteiger partial charge in [-0.05, 0) is 31.7 Å². The Bertz CT molecular complexity index is 665. The first-order valence-electron chi connectivity index (χ1n) is 8.24. The Labute approximate surface area is 136 Å². The molecule has 126 valence electrons. The van der Waals surface area contributed by atoms with Gasteiger partial charge < -0.3 is 10.1 Å². The fourth-order valence-electron chi connectivity index (χ4n) is 3.63. The fourth-order valence-corrected chi connectivity index (χ4v) is 5.58. The molecule has 1 aromatic rings. The second-order valence-corrected chi connectivity index (χ2v) is 9.01. The number of hydrogen-bond acceptors (Lipinski definition) is 6. The normalized spacial score (nSPS) is 32.3. The Morgan fingerprint density at radius 3 is 2.83 bits per heavy atom. The molecule has 0 amide bonds. The van der Waals surface area contributed by atoms with Gasteiger partial charge in [-0.25, -0.2) is 18.4 Å². The van der Waals surface area contributed by atoms with Gasteiger partial charge in [-0.3, -0.25) is 0 Å². The Balaban J connectivity index is 1.43. The molecule has 0 bridgehead atoms. The largest absolute Gasteiger partial charge is 0.371 e. The molecule has 2 atom stereocenters. The van der Waals surface area contributed by atoms with Gasteiger partial charge >= 0.3 is 0 Å². The van der Waals surface area contributed by atoms with Crippen LogP contribution in [0.2, 0.25) is 0 Å². The van der Waals surface area contributed by atoms with Crippen LogP contribution in [0.15, 0.2) is 18.5 Å². The number of rotatable bonds is 4. The quantitative estimate of drug-likeness (QED) is 0.882. The molecule has 3 heterocycles. The van der Waals surface area contributed by atoms with Crippen LogP contribution in [-0.4, -0.2) is 59.3 Å². The molecule has 0 aromatic carbocycles. The monoisotopic (exact) mass is 338 g/mol. The highest BCUT2D eigenvalue weighted by Crippen LogP contribution is 2.39. The van der Waals surface area contributed by atoms with E-state index >= 15 is 0 Å². The third kappa shape index (κ3) is 3.07. The second kappa shape index (κ2) is 5.68. The highest BCUT2D eigenvalue weighted by molar-refractivity contribution is 7.90. The molecule has 1 N–H and O–H groups in total. The minimum absolute atomic E-state index is 0.126. The van der Waals surface area contributed by atoms with E-state index in [-0.39, 0.29) is 16.9 Å². The molecule has 1 aromatic heterocycles. The van der Waals surface area contributed by atoms with Crippen molar-refractivity contribution in [2.45, 2.75) is 49.0 Å². The van der Waals surface area contributed by atoms with Gasteiger partial charge in [0.15, 0.2) is 0 Å². The number of ether oxygens (including phenoxy) is 1. The van der Waals surface area contributed by atoms with Gasteiger partial charge in [0.25, 0.3) is 0 Å². The van der Waals surface area contributed by atoms with Gasteiger partial charge in [0.1, 0.15) is 0 Å². The van der Waals surface area contributed by atoms with Crippen LogP contribution < -0.4 is 5.32 Å². The van der Waals surface area contributed by atoms with Gasteiger partial charge in [0, 0.05) is 31.9 Å². The number of nitrogens with zero attached hydrogens (tertiary/aromatic N) is 3. The third-order valence-electron chi connectivity index (χ3n) is 4.92. The van der Waals surface area contributed by atoms with Gasteiger partial charge in [-0.1, -0.05) is 0 Å². The van der Waals surface area contributed by atoms with Crippen molar-refractivity contribution >= 4 is 16.0 Å². The molecule has 1 aliphatic carbocycles. The molecule has 23 heavy (non-hydrogen) atoms. The summed E-state index contributed by atoms with van der Waals surface area (Å²) in [5.41, 5.74) is -0.355. The molecule has 3 fully saturated rings. The molecule has 7 nitrogen and oxygen atoms in total. The Morgan fingerprint density at radius 2 is 2.09 bits per heavy atom. The first-order chi connectivity index (χ1) is 11.1. The smallest absolute Gasteiger partial charge is 0.222 e. The lowest BCUT2D eigenvalue weighted by Crippen LogP contribution is -2.51. The molecular weight excluding hydrogens is 316 g/mol. The summed E-state index contributed by atoms with van der Waals surface area (Å²) in [6.45, 7) is 1.68. The number of anilines is 1. The number of piperidine rings is 1. The van der Waals surface area contributed by atoms with E-state index in [1.807, 2.05) is 0 Å². The minimum atomic E-state index is -3.12. The van der Waals surface area contributed by atoms with Crippen LogP contribution in [0, 0.1) is 0 Å². The average Bonchev–Trinajstić information content (AvgIpc) is 3.34. The molecule has 8 heteroatoms. The van der Waals surface area contributed by atoms with Crippen LogP contribution in [-0.2, 0) is 14.8 Å². The van der Waals surface area contributed by atoms with E-state index < -0.39 is 10.0 Å². The average molecular weight is 338 g/mol. The van der Waals surface area contributed by atoms with E-state index in [0.717, 1.165) is 32.1 Å². The summed E-state index contributed by atoms with van der Waals surface area (Å²) in [5.74, 6) is 0.594. The molecule has 4 rings (SSSR count). The van der Waals surface area contributed by atoms with Crippen LogP contribution in [0.1, 0.15) is 32.1 Å². The van der Waals surface area contributed by atoms with Crippen LogP contribution in [0.3, 0.4) is 0 Å². The number of sulfonamides is 1. The molecule has 2 saturated heterocycles. The molecule has 1 spiro atoms. The Kier molecular flexibility index (Phi) is 3.78. The maximum Gasteiger partial charge on any atom is 0.222 e. The molecule has 1 saturated carbocycles. The van der Waals surface area contributed by atoms with Crippen molar-refractivity contribution < 1.29 is 13.2 Å². The maximum atomic E-state index is 12.5. The number of aromatic nitrogens is 2. The number of nitrogens with one attached hydrogen (secondary N) is 1. The first kappa shape index (κ1) is 15.3. The zero-order valence-electron chi connectivity index (χ0n) is 13.0. The van der Waals surface area contributed by atoms with E-state index in [1.54, 1.807) is 22.8 Å². The molecular formula is C15H22N4O3S. The molecule has 0 radical (unpaired) electrons. The van der Waals surface area contributed by atoms with E-state index in [0.29, 0.717) is 25.6 Å². The van der Waals surface area contributed by atoms with Crippen LogP contribution in [0.25, 0.3) is 0 Å². The molecule has 3 aliphatic rings. The summed E-state index contributed by atoms with van der Waals surface area (Å²) in [6, 6.07) is 1.90. The number of hydrogen-bond donors (Lipinski definition) is 1. The van der Waals surface area contributed by atoms with E-state index in [2.05, 4.69) is 15.3 Å². The maximum absolute atomic E-state index is 12.5. The summed E-state index contributed by atoms with van der Waals surface area (Å²) in [7, 11) is -3.12. The predicted octanol–water partition coefficient (Wildman–Crippen LogP) is 1.00. The third-order valence-corrected chi connectivity index (χ3v) is 7.26. The molecule has 2 aliphatic heterocycles. The topological polar surface area (TPSA) is 84.4 Å². The van der Waals surface area contributed by atoms with Crippen molar-refractivity contribution in [1.82, 2.24) is 14.3 Å². The fraction of sp³-hybridized carbons (Fsp3) is 0.733. The summed E-state index contributed by atoms with van der Waals surface area (Å²) in [6.07, 6.45) is 7.58. The predicted molar refractivity (Wildman–Crippen MR) is 85.5 cm³/mol. The second-order valence-electron chi connectivity index (χ2n) is 6.79. The minimum Gasteiger partial charge on any atom is -0.371 e. The SMILES string of the molecule is O=S(=O)(C1CC1)N1CCCC2(CC(Nc3ncccn3)CO2)C1. The molecule has 2 unspecified atom stereocenters. The van der Waals surface area contributed by atoms with E-state index in [1.165, 1.54) is 0 Å². The zero-order valence-corrected chi connectivity index (χ0v) is 13.8. The lowest BCUT2D eigenvalue weighted by atomic mass is 9.90. The van der Waals surface area contributed by atoms with E-state index in [9.17, 15) is 8.42 Å². The van der Waals surface area contributed by atoms with E-state index in [4.69, 9.17) is 4.74 Å². The van der Waals surface area contributed by atoms with Gasteiger partial charge in [0.2, 0.25) is 16.0 Å². The van der Waals surface area contributed by atoms with Crippen LogP contribution >= 0.6 is 0 Å². The van der Waals surface area contributed by atoms with Gasteiger partial charge in [-0.2, -0.15) is 4.31 Å². The van der Waals surface area contributed by atoms with Crippen LogP contribution in [0.4, 0.5) is 5.95 Å². The van der Waals surface area contributed by atoms with Crippen molar-refractivity contribution in [1.29, 1.82) is 0 Å².